The molecule has 1 saturated heterocycles. The fourth-order valence-corrected chi connectivity index (χ4v) is 5.09. The van der Waals surface area contributed by atoms with Gasteiger partial charge in [0.2, 0.25) is 0 Å². The molecular weight excluding hydrogens is 288 g/mol. The number of hydrogen-bond donors (Lipinski definition) is 0. The molecule has 0 radical (unpaired) electrons. The first-order valence-corrected chi connectivity index (χ1v) is 9.99. The number of rotatable bonds is 6. The van der Waals surface area contributed by atoms with E-state index in [0.29, 0.717) is 0 Å². The van der Waals surface area contributed by atoms with Crippen molar-refractivity contribution >= 4 is 0 Å². The number of ether oxygens (including phenoxy) is 3. The van der Waals surface area contributed by atoms with Gasteiger partial charge < -0.3 is 14.2 Å². The summed E-state index contributed by atoms with van der Waals surface area (Å²) in [4.78, 5) is 0. The molecule has 1 aliphatic heterocycles. The molecule has 2 atom stereocenters. The lowest BCUT2D eigenvalue weighted by atomic mass is 9.75. The second kappa shape index (κ2) is 7.01. The lowest BCUT2D eigenvalue weighted by Crippen LogP contribution is -2.49. The average molecular weight is 325 g/mol. The first-order chi connectivity index (χ1) is 11.0. The van der Waals surface area contributed by atoms with Crippen LogP contribution in [-0.4, -0.2) is 35.6 Å². The molecule has 3 fully saturated rings. The van der Waals surface area contributed by atoms with Gasteiger partial charge in [-0.2, -0.15) is 0 Å². The van der Waals surface area contributed by atoms with Crippen LogP contribution in [0.15, 0.2) is 0 Å². The van der Waals surface area contributed by atoms with Crippen LogP contribution in [-0.2, 0) is 14.2 Å². The van der Waals surface area contributed by atoms with Gasteiger partial charge in [0.1, 0.15) is 12.2 Å². The lowest BCUT2D eigenvalue weighted by molar-refractivity contribution is -0.125. The van der Waals surface area contributed by atoms with Crippen LogP contribution in [0.2, 0.25) is 0 Å². The van der Waals surface area contributed by atoms with E-state index in [2.05, 4.69) is 27.7 Å². The maximum Gasteiger partial charge on any atom is 0.116 e. The van der Waals surface area contributed by atoms with Crippen molar-refractivity contribution in [2.45, 2.75) is 128 Å². The molecule has 3 heteroatoms. The van der Waals surface area contributed by atoms with E-state index in [4.69, 9.17) is 14.2 Å². The fraction of sp³-hybridized carbons (Fsp3) is 1.00. The van der Waals surface area contributed by atoms with Gasteiger partial charge in [-0.05, 0) is 53.4 Å². The first kappa shape index (κ1) is 17.7. The predicted octanol–water partition coefficient (Wildman–Crippen LogP) is 5.01. The Morgan fingerprint density at radius 1 is 0.652 bits per heavy atom. The zero-order valence-corrected chi connectivity index (χ0v) is 15.6. The lowest BCUT2D eigenvalue weighted by Gasteiger charge is -2.41. The van der Waals surface area contributed by atoms with Crippen LogP contribution >= 0.6 is 0 Å². The number of epoxide rings is 1. The standard InChI is InChI=1S/C20H36O3/c1-15(2)22-19(11-7-5-8-12-19)17-18(21-17)20(23-16(3)4)13-9-6-10-14-20/h15-18H,5-14H2,1-4H3. The molecule has 0 bridgehead atoms. The minimum Gasteiger partial charge on any atom is -0.370 e. The van der Waals surface area contributed by atoms with Gasteiger partial charge >= 0.3 is 0 Å². The molecule has 0 aromatic carbocycles. The SMILES string of the molecule is CC(C)OC1(C2OC2C2(OC(C)C)CCCCC2)CCCCC1. The van der Waals surface area contributed by atoms with Crippen molar-refractivity contribution in [2.75, 3.05) is 0 Å². The van der Waals surface area contributed by atoms with Crippen LogP contribution in [0.3, 0.4) is 0 Å². The Kier molecular flexibility index (Phi) is 5.40. The second-order valence-electron chi connectivity index (χ2n) is 8.56. The van der Waals surface area contributed by atoms with Crippen molar-refractivity contribution in [2.24, 2.45) is 0 Å². The molecular formula is C20H36O3. The summed E-state index contributed by atoms with van der Waals surface area (Å²) in [5.74, 6) is 0. The van der Waals surface area contributed by atoms with Gasteiger partial charge in [0.15, 0.2) is 0 Å². The van der Waals surface area contributed by atoms with Crippen LogP contribution in [0.1, 0.15) is 91.9 Å². The van der Waals surface area contributed by atoms with Crippen LogP contribution in [0.4, 0.5) is 0 Å². The summed E-state index contributed by atoms with van der Waals surface area (Å²) in [6.07, 6.45) is 13.5. The van der Waals surface area contributed by atoms with Crippen molar-refractivity contribution in [1.29, 1.82) is 0 Å². The Morgan fingerprint density at radius 2 is 1.00 bits per heavy atom. The third-order valence-electron chi connectivity index (χ3n) is 5.87. The van der Waals surface area contributed by atoms with Gasteiger partial charge in [0.05, 0.1) is 23.4 Å². The van der Waals surface area contributed by atoms with Crippen LogP contribution in [0.25, 0.3) is 0 Å². The highest BCUT2D eigenvalue weighted by atomic mass is 16.7. The zero-order chi connectivity index (χ0) is 16.5. The van der Waals surface area contributed by atoms with Crippen LogP contribution < -0.4 is 0 Å². The molecule has 0 N–H and O–H groups in total. The minimum absolute atomic E-state index is 0.0537. The molecule has 134 valence electrons. The van der Waals surface area contributed by atoms with E-state index in [1.807, 2.05) is 0 Å². The average Bonchev–Trinajstić information content (AvgIpc) is 3.29. The van der Waals surface area contributed by atoms with E-state index in [1.54, 1.807) is 0 Å². The minimum atomic E-state index is -0.0537. The smallest absolute Gasteiger partial charge is 0.116 e. The van der Waals surface area contributed by atoms with Gasteiger partial charge in [0, 0.05) is 0 Å². The summed E-state index contributed by atoms with van der Waals surface area (Å²) in [7, 11) is 0. The maximum absolute atomic E-state index is 6.49. The Bertz CT molecular complexity index is 342. The normalized spacial score (nSPS) is 33.1. The molecule has 3 aliphatic rings. The van der Waals surface area contributed by atoms with Crippen molar-refractivity contribution in [3.05, 3.63) is 0 Å². The van der Waals surface area contributed by atoms with E-state index in [0.717, 1.165) is 25.7 Å². The summed E-state index contributed by atoms with van der Waals surface area (Å²) in [6.45, 7) is 8.65. The summed E-state index contributed by atoms with van der Waals surface area (Å²) >= 11 is 0. The van der Waals surface area contributed by atoms with E-state index >= 15 is 0 Å². The van der Waals surface area contributed by atoms with Crippen LogP contribution in [0.5, 0.6) is 0 Å². The molecule has 0 spiro atoms. The topological polar surface area (TPSA) is 31.0 Å². The molecule has 2 aliphatic carbocycles. The second-order valence-corrected chi connectivity index (χ2v) is 8.56. The van der Waals surface area contributed by atoms with Crippen LogP contribution in [0, 0.1) is 0 Å². The highest BCUT2D eigenvalue weighted by Crippen LogP contribution is 2.53. The van der Waals surface area contributed by atoms with Gasteiger partial charge in [-0.25, -0.2) is 0 Å². The Hall–Kier alpha value is -0.120. The van der Waals surface area contributed by atoms with E-state index < -0.39 is 0 Å². The molecule has 3 nitrogen and oxygen atoms in total. The Balaban J connectivity index is 1.75. The first-order valence-electron chi connectivity index (χ1n) is 9.99. The van der Waals surface area contributed by atoms with Gasteiger partial charge in [0.25, 0.3) is 0 Å². The summed E-state index contributed by atoms with van der Waals surface area (Å²) < 4.78 is 19.3. The molecule has 1 heterocycles. The largest absolute Gasteiger partial charge is 0.370 e. The fourth-order valence-electron chi connectivity index (χ4n) is 5.09. The summed E-state index contributed by atoms with van der Waals surface area (Å²) in [6, 6.07) is 0. The van der Waals surface area contributed by atoms with E-state index in [9.17, 15) is 0 Å². The summed E-state index contributed by atoms with van der Waals surface area (Å²) in [5, 5.41) is 0. The molecule has 0 amide bonds. The third kappa shape index (κ3) is 3.77. The molecule has 3 rings (SSSR count). The van der Waals surface area contributed by atoms with Crippen molar-refractivity contribution in [3.63, 3.8) is 0 Å². The predicted molar refractivity (Wildman–Crippen MR) is 92.7 cm³/mol. The van der Waals surface area contributed by atoms with Crippen molar-refractivity contribution in [1.82, 2.24) is 0 Å². The highest BCUT2D eigenvalue weighted by Gasteiger charge is 2.64. The third-order valence-corrected chi connectivity index (χ3v) is 5.87. The quantitative estimate of drug-likeness (QED) is 0.644. The van der Waals surface area contributed by atoms with Gasteiger partial charge in [-0.15, -0.1) is 0 Å². The number of hydrogen-bond acceptors (Lipinski definition) is 3. The molecule has 0 aromatic heterocycles. The molecule has 23 heavy (non-hydrogen) atoms. The van der Waals surface area contributed by atoms with E-state index in [-0.39, 0.29) is 35.6 Å². The summed E-state index contributed by atoms with van der Waals surface area (Å²) in [5.41, 5.74) is -0.107. The zero-order valence-electron chi connectivity index (χ0n) is 15.6. The monoisotopic (exact) mass is 324 g/mol. The van der Waals surface area contributed by atoms with Gasteiger partial charge in [-0.1, -0.05) is 38.5 Å². The van der Waals surface area contributed by atoms with E-state index in [1.165, 1.54) is 38.5 Å². The maximum atomic E-state index is 6.49. The molecule has 2 saturated carbocycles. The molecule has 0 aromatic rings. The Morgan fingerprint density at radius 3 is 1.30 bits per heavy atom. The Labute approximate surface area is 142 Å². The highest BCUT2D eigenvalue weighted by molar-refractivity contribution is 5.13. The van der Waals surface area contributed by atoms with Crippen molar-refractivity contribution in [3.8, 4) is 0 Å². The van der Waals surface area contributed by atoms with Crippen molar-refractivity contribution < 1.29 is 14.2 Å². The van der Waals surface area contributed by atoms with Gasteiger partial charge in [-0.3, -0.25) is 0 Å². The molecule has 2 unspecified atom stereocenters.